The Morgan fingerprint density at radius 1 is 0.548 bits per heavy atom. The molecule has 4 aromatic rings. The van der Waals surface area contributed by atoms with Crippen LogP contribution < -0.4 is 9.47 Å². The zero-order valence-electron chi connectivity index (χ0n) is 25.6. The number of esters is 2. The van der Waals surface area contributed by atoms with E-state index in [-0.39, 0.29) is 24.8 Å². The second-order valence-electron chi connectivity index (χ2n) is 12.4. The quantitative estimate of drug-likeness (QED) is 0.133. The van der Waals surface area contributed by atoms with Crippen molar-refractivity contribution in [3.8, 4) is 22.6 Å². The van der Waals surface area contributed by atoms with E-state index in [1.807, 2.05) is 77.9 Å². The molecule has 4 rings (SSSR count). The van der Waals surface area contributed by atoms with Gasteiger partial charge in [0.15, 0.2) is 0 Å². The SMILES string of the molecule is CC(C)(C)OC(=O)CCCOc1ccc2ccccc2c1-c1c(OCCCC(=O)OC(C)(C)C)ccc2ccccc12. The zero-order valence-corrected chi connectivity index (χ0v) is 25.6. The summed E-state index contributed by atoms with van der Waals surface area (Å²) in [4.78, 5) is 24.5. The lowest BCUT2D eigenvalue weighted by atomic mass is 9.92. The minimum Gasteiger partial charge on any atom is -0.493 e. The van der Waals surface area contributed by atoms with Gasteiger partial charge in [0.05, 0.1) is 13.2 Å². The molecule has 222 valence electrons. The Labute approximate surface area is 248 Å². The van der Waals surface area contributed by atoms with Crippen LogP contribution in [0.1, 0.15) is 67.2 Å². The standard InChI is InChI=1S/C36H42O6/c1-35(2,3)41-31(37)17-11-23-39-29-21-19-25-13-7-9-15-27(25)33(29)34-28-16-10-8-14-26(28)20-22-30(34)40-24-12-18-32(38)42-36(4,5)6/h7-10,13-16,19-22H,11-12,17-18,23-24H2,1-6H3. The maximum absolute atomic E-state index is 12.2. The molecule has 0 fully saturated rings. The van der Waals surface area contributed by atoms with E-state index >= 15 is 0 Å². The first-order valence-electron chi connectivity index (χ1n) is 14.6. The molecule has 0 amide bonds. The number of rotatable bonds is 11. The van der Waals surface area contributed by atoms with Crippen LogP contribution in [0.15, 0.2) is 72.8 Å². The first-order valence-corrected chi connectivity index (χ1v) is 14.6. The predicted molar refractivity (Wildman–Crippen MR) is 168 cm³/mol. The zero-order chi connectivity index (χ0) is 30.3. The Balaban J connectivity index is 1.64. The largest absolute Gasteiger partial charge is 0.493 e. The number of ether oxygens (including phenoxy) is 4. The molecule has 0 unspecified atom stereocenters. The Morgan fingerprint density at radius 3 is 1.31 bits per heavy atom. The number of hydrogen-bond acceptors (Lipinski definition) is 6. The lowest BCUT2D eigenvalue weighted by Crippen LogP contribution is -2.24. The average Bonchev–Trinajstić information content (AvgIpc) is 2.91. The van der Waals surface area contributed by atoms with Crippen molar-refractivity contribution < 1.29 is 28.5 Å². The van der Waals surface area contributed by atoms with E-state index in [1.54, 1.807) is 0 Å². The third-order valence-corrected chi connectivity index (χ3v) is 6.44. The molecule has 42 heavy (non-hydrogen) atoms. The van der Waals surface area contributed by atoms with E-state index < -0.39 is 11.2 Å². The minimum atomic E-state index is -0.513. The summed E-state index contributed by atoms with van der Waals surface area (Å²) in [7, 11) is 0. The van der Waals surface area contributed by atoms with Gasteiger partial charge in [0, 0.05) is 24.0 Å². The van der Waals surface area contributed by atoms with Crippen molar-refractivity contribution in [3.05, 3.63) is 72.8 Å². The highest BCUT2D eigenvalue weighted by Gasteiger charge is 2.21. The molecule has 6 nitrogen and oxygen atoms in total. The van der Waals surface area contributed by atoms with Crippen molar-refractivity contribution in [2.24, 2.45) is 0 Å². The van der Waals surface area contributed by atoms with E-state index in [0.717, 1.165) is 32.7 Å². The topological polar surface area (TPSA) is 71.1 Å². The fourth-order valence-electron chi connectivity index (χ4n) is 4.84. The summed E-state index contributed by atoms with van der Waals surface area (Å²) in [5.41, 5.74) is 0.844. The Morgan fingerprint density at radius 2 is 0.929 bits per heavy atom. The Hall–Kier alpha value is -4.06. The van der Waals surface area contributed by atoms with Crippen molar-refractivity contribution in [1.82, 2.24) is 0 Å². The molecule has 0 N–H and O–H groups in total. The number of fused-ring (bicyclic) bond motifs is 2. The highest BCUT2D eigenvalue weighted by molar-refractivity contribution is 6.09. The molecule has 0 aliphatic rings. The summed E-state index contributed by atoms with van der Waals surface area (Å²) in [6.07, 6.45) is 1.62. The molecule has 0 saturated carbocycles. The third-order valence-electron chi connectivity index (χ3n) is 6.44. The molecule has 0 aliphatic heterocycles. The number of benzene rings is 4. The maximum Gasteiger partial charge on any atom is 0.306 e. The smallest absolute Gasteiger partial charge is 0.306 e. The minimum absolute atomic E-state index is 0.235. The molecular weight excluding hydrogens is 528 g/mol. The van der Waals surface area contributed by atoms with Crippen molar-refractivity contribution in [2.75, 3.05) is 13.2 Å². The van der Waals surface area contributed by atoms with Crippen LogP contribution in [0, 0.1) is 0 Å². The van der Waals surface area contributed by atoms with Gasteiger partial charge in [-0.1, -0.05) is 60.7 Å². The first-order chi connectivity index (χ1) is 19.9. The van der Waals surface area contributed by atoms with Gasteiger partial charge in [0.1, 0.15) is 22.7 Å². The second kappa shape index (κ2) is 13.3. The molecular formula is C36H42O6. The summed E-state index contributed by atoms with van der Waals surface area (Å²) < 4.78 is 23.6. The third kappa shape index (κ3) is 8.48. The molecule has 0 bridgehead atoms. The van der Waals surface area contributed by atoms with Crippen LogP contribution in [0.2, 0.25) is 0 Å². The highest BCUT2D eigenvalue weighted by Crippen LogP contribution is 2.45. The molecule has 0 saturated heterocycles. The fraction of sp³-hybridized carbons (Fsp3) is 0.389. The van der Waals surface area contributed by atoms with Crippen molar-refractivity contribution in [1.29, 1.82) is 0 Å². The van der Waals surface area contributed by atoms with Gasteiger partial charge in [-0.25, -0.2) is 0 Å². The summed E-state index contributed by atoms with van der Waals surface area (Å²) in [5, 5.41) is 4.24. The van der Waals surface area contributed by atoms with Crippen LogP contribution >= 0.6 is 0 Å². The van der Waals surface area contributed by atoms with Gasteiger partial charge < -0.3 is 18.9 Å². The Kier molecular flexibility index (Phi) is 9.77. The van der Waals surface area contributed by atoms with Crippen LogP contribution in [-0.4, -0.2) is 36.4 Å². The molecule has 0 atom stereocenters. The summed E-state index contributed by atoms with van der Waals surface area (Å²) in [6.45, 7) is 11.9. The van der Waals surface area contributed by atoms with Gasteiger partial charge in [0.25, 0.3) is 0 Å². The lowest BCUT2D eigenvalue weighted by molar-refractivity contribution is -0.156. The van der Waals surface area contributed by atoms with Crippen LogP contribution in [0.3, 0.4) is 0 Å². The number of carbonyl (C=O) groups excluding carboxylic acids is 2. The number of carbonyl (C=O) groups is 2. The Bertz CT molecular complexity index is 1420. The van der Waals surface area contributed by atoms with Gasteiger partial charge in [-0.2, -0.15) is 0 Å². The van der Waals surface area contributed by atoms with E-state index in [1.165, 1.54) is 0 Å². The van der Waals surface area contributed by atoms with Crippen molar-refractivity contribution >= 4 is 33.5 Å². The van der Waals surface area contributed by atoms with Crippen LogP contribution in [-0.2, 0) is 19.1 Å². The first kappa shape index (κ1) is 30.9. The van der Waals surface area contributed by atoms with E-state index in [9.17, 15) is 9.59 Å². The van der Waals surface area contributed by atoms with Crippen LogP contribution in [0.4, 0.5) is 0 Å². The normalized spacial score (nSPS) is 11.9. The molecule has 0 heterocycles. The molecule has 0 radical (unpaired) electrons. The van der Waals surface area contributed by atoms with Gasteiger partial charge in [-0.15, -0.1) is 0 Å². The molecule has 6 heteroatoms. The van der Waals surface area contributed by atoms with Gasteiger partial charge in [-0.3, -0.25) is 9.59 Å². The van der Waals surface area contributed by atoms with E-state index in [4.69, 9.17) is 18.9 Å². The molecule has 4 aromatic carbocycles. The monoisotopic (exact) mass is 570 g/mol. The van der Waals surface area contributed by atoms with Crippen molar-refractivity contribution in [3.63, 3.8) is 0 Å². The van der Waals surface area contributed by atoms with E-state index in [2.05, 4.69) is 36.4 Å². The lowest BCUT2D eigenvalue weighted by Gasteiger charge is -2.21. The van der Waals surface area contributed by atoms with Crippen LogP contribution in [0.5, 0.6) is 11.5 Å². The summed E-state index contributed by atoms with van der Waals surface area (Å²) in [5.74, 6) is 0.961. The predicted octanol–water partition coefficient (Wildman–Crippen LogP) is 8.66. The van der Waals surface area contributed by atoms with Gasteiger partial charge in [-0.05, 0) is 88.1 Å². The molecule has 0 spiro atoms. The maximum atomic E-state index is 12.2. The van der Waals surface area contributed by atoms with Crippen molar-refractivity contribution in [2.45, 2.75) is 78.4 Å². The number of hydrogen-bond donors (Lipinski definition) is 0. The van der Waals surface area contributed by atoms with E-state index in [0.29, 0.717) is 37.6 Å². The summed E-state index contributed by atoms with van der Waals surface area (Å²) in [6, 6.07) is 24.5. The second-order valence-corrected chi connectivity index (χ2v) is 12.4. The average molecular weight is 571 g/mol. The fourth-order valence-corrected chi connectivity index (χ4v) is 4.84. The molecule has 0 aromatic heterocycles. The highest BCUT2D eigenvalue weighted by atomic mass is 16.6. The van der Waals surface area contributed by atoms with Gasteiger partial charge in [0.2, 0.25) is 0 Å². The molecule has 0 aliphatic carbocycles. The van der Waals surface area contributed by atoms with Gasteiger partial charge >= 0.3 is 11.9 Å². The summed E-state index contributed by atoms with van der Waals surface area (Å²) >= 11 is 0. The van der Waals surface area contributed by atoms with Crippen LogP contribution in [0.25, 0.3) is 32.7 Å².